The predicted molar refractivity (Wildman–Crippen MR) is 65.8 cm³/mol. The van der Waals surface area contributed by atoms with E-state index in [9.17, 15) is 4.39 Å². The molecule has 0 aliphatic carbocycles. The molecule has 0 unspecified atom stereocenters. The van der Waals surface area contributed by atoms with Gasteiger partial charge >= 0.3 is 0 Å². The molecule has 0 fully saturated rings. The van der Waals surface area contributed by atoms with Crippen LogP contribution in [0.2, 0.25) is 0 Å². The highest BCUT2D eigenvalue weighted by atomic mass is 32.2. The lowest BCUT2D eigenvalue weighted by Gasteiger charge is -2.19. The molecule has 0 spiro atoms. The molecule has 0 aliphatic rings. The molecule has 0 saturated heterocycles. The first-order valence-corrected chi connectivity index (χ1v) is 6.33. The summed E-state index contributed by atoms with van der Waals surface area (Å²) in [4.78, 5) is 1.01. The number of unbranched alkanes of at least 4 members (excludes halogenated alkanes) is 1. The molecule has 2 nitrogen and oxygen atoms in total. The molecule has 1 rings (SSSR count). The highest BCUT2D eigenvalue weighted by molar-refractivity contribution is 7.97. The normalized spacial score (nSPS) is 11.0. The van der Waals surface area contributed by atoms with Gasteiger partial charge in [-0.15, -0.1) is 0 Å². The topological polar surface area (TPSA) is 23.5 Å². The van der Waals surface area contributed by atoms with Crippen LogP contribution in [0.15, 0.2) is 29.2 Å². The molecule has 0 bridgehead atoms. The SMILES string of the molecule is CCCCN(CCO)Sc1ccc(F)cc1. The zero-order valence-electron chi connectivity index (χ0n) is 9.53. The summed E-state index contributed by atoms with van der Waals surface area (Å²) in [7, 11) is 0. The first-order chi connectivity index (χ1) is 7.76. The van der Waals surface area contributed by atoms with E-state index in [0.29, 0.717) is 6.54 Å². The van der Waals surface area contributed by atoms with Crippen LogP contribution in [0.1, 0.15) is 19.8 Å². The molecule has 4 heteroatoms. The van der Waals surface area contributed by atoms with Crippen LogP contribution in [0.4, 0.5) is 4.39 Å². The summed E-state index contributed by atoms with van der Waals surface area (Å²) in [5, 5.41) is 8.94. The summed E-state index contributed by atoms with van der Waals surface area (Å²) < 4.78 is 14.8. The molecule has 90 valence electrons. The zero-order valence-corrected chi connectivity index (χ0v) is 10.3. The maximum absolute atomic E-state index is 12.7. The van der Waals surface area contributed by atoms with Gasteiger partial charge in [-0.05, 0) is 42.6 Å². The Morgan fingerprint density at radius 3 is 2.50 bits per heavy atom. The molecule has 0 aromatic heterocycles. The van der Waals surface area contributed by atoms with Gasteiger partial charge in [0.25, 0.3) is 0 Å². The quantitative estimate of drug-likeness (QED) is 0.745. The molecule has 0 saturated carbocycles. The fourth-order valence-electron chi connectivity index (χ4n) is 1.29. The lowest BCUT2D eigenvalue weighted by Crippen LogP contribution is -2.20. The largest absolute Gasteiger partial charge is 0.395 e. The van der Waals surface area contributed by atoms with E-state index < -0.39 is 0 Å². The number of aliphatic hydroxyl groups is 1. The second-order valence-corrected chi connectivity index (χ2v) is 4.72. The molecule has 1 aromatic rings. The van der Waals surface area contributed by atoms with Gasteiger partial charge in [0.05, 0.1) is 6.61 Å². The fraction of sp³-hybridized carbons (Fsp3) is 0.500. The third kappa shape index (κ3) is 4.96. The smallest absolute Gasteiger partial charge is 0.123 e. The van der Waals surface area contributed by atoms with Gasteiger partial charge in [0, 0.05) is 18.0 Å². The van der Waals surface area contributed by atoms with E-state index in [4.69, 9.17) is 5.11 Å². The standard InChI is InChI=1S/C12H18FNOS/c1-2-3-8-14(9-10-15)16-12-6-4-11(13)5-7-12/h4-7,15H,2-3,8-10H2,1H3. The second-order valence-electron chi connectivity index (χ2n) is 3.55. The van der Waals surface area contributed by atoms with Gasteiger partial charge in [-0.25, -0.2) is 8.70 Å². The molecule has 0 heterocycles. The Morgan fingerprint density at radius 2 is 1.94 bits per heavy atom. The van der Waals surface area contributed by atoms with E-state index in [1.807, 2.05) is 0 Å². The minimum Gasteiger partial charge on any atom is -0.395 e. The molecule has 0 atom stereocenters. The third-order valence-electron chi connectivity index (χ3n) is 2.16. The van der Waals surface area contributed by atoms with Gasteiger partial charge in [0.1, 0.15) is 5.82 Å². The minimum atomic E-state index is -0.216. The van der Waals surface area contributed by atoms with Crippen LogP contribution in [0, 0.1) is 5.82 Å². The number of rotatable bonds is 7. The summed E-state index contributed by atoms with van der Waals surface area (Å²) in [6, 6.07) is 6.44. The number of hydrogen-bond donors (Lipinski definition) is 1. The zero-order chi connectivity index (χ0) is 11.8. The van der Waals surface area contributed by atoms with Crippen molar-refractivity contribution in [2.24, 2.45) is 0 Å². The van der Waals surface area contributed by atoms with Crippen molar-refractivity contribution in [2.75, 3.05) is 19.7 Å². The Bertz CT molecular complexity index is 292. The number of halogens is 1. The molecular formula is C12H18FNOS. The summed E-state index contributed by atoms with van der Waals surface area (Å²) in [5.74, 6) is -0.216. The Hall–Kier alpha value is -0.580. The van der Waals surface area contributed by atoms with Crippen molar-refractivity contribution in [3.05, 3.63) is 30.1 Å². The van der Waals surface area contributed by atoms with E-state index in [1.165, 1.54) is 12.1 Å². The monoisotopic (exact) mass is 243 g/mol. The van der Waals surface area contributed by atoms with E-state index >= 15 is 0 Å². The van der Waals surface area contributed by atoms with Crippen molar-refractivity contribution in [1.82, 2.24) is 4.31 Å². The van der Waals surface area contributed by atoms with Crippen LogP contribution in [0.25, 0.3) is 0 Å². The van der Waals surface area contributed by atoms with Gasteiger partial charge < -0.3 is 5.11 Å². The Morgan fingerprint density at radius 1 is 1.25 bits per heavy atom. The van der Waals surface area contributed by atoms with Crippen molar-refractivity contribution in [3.63, 3.8) is 0 Å². The van der Waals surface area contributed by atoms with Gasteiger partial charge in [0.15, 0.2) is 0 Å². The van der Waals surface area contributed by atoms with Crippen LogP contribution in [-0.2, 0) is 0 Å². The molecule has 1 N–H and O–H groups in total. The number of hydrogen-bond acceptors (Lipinski definition) is 3. The molecule has 0 aliphatic heterocycles. The lowest BCUT2D eigenvalue weighted by atomic mass is 10.3. The Balaban J connectivity index is 2.49. The summed E-state index contributed by atoms with van der Waals surface area (Å²) in [6.07, 6.45) is 2.24. The van der Waals surface area contributed by atoms with E-state index in [2.05, 4.69) is 11.2 Å². The van der Waals surface area contributed by atoms with Gasteiger partial charge in [0.2, 0.25) is 0 Å². The molecule has 16 heavy (non-hydrogen) atoms. The van der Waals surface area contributed by atoms with Crippen LogP contribution in [-0.4, -0.2) is 29.1 Å². The minimum absolute atomic E-state index is 0.151. The Kier molecular flexibility index (Phi) is 6.45. The third-order valence-corrected chi connectivity index (χ3v) is 3.26. The van der Waals surface area contributed by atoms with Crippen LogP contribution < -0.4 is 0 Å². The van der Waals surface area contributed by atoms with Crippen molar-refractivity contribution in [3.8, 4) is 0 Å². The van der Waals surface area contributed by atoms with Crippen molar-refractivity contribution in [1.29, 1.82) is 0 Å². The fourth-order valence-corrected chi connectivity index (χ4v) is 2.24. The molecular weight excluding hydrogens is 225 g/mol. The lowest BCUT2D eigenvalue weighted by molar-refractivity contribution is 0.260. The van der Waals surface area contributed by atoms with Crippen molar-refractivity contribution in [2.45, 2.75) is 24.7 Å². The van der Waals surface area contributed by atoms with Crippen LogP contribution in [0.3, 0.4) is 0 Å². The highest BCUT2D eigenvalue weighted by Crippen LogP contribution is 2.22. The molecule has 0 radical (unpaired) electrons. The summed E-state index contributed by atoms with van der Waals surface area (Å²) >= 11 is 1.57. The summed E-state index contributed by atoms with van der Waals surface area (Å²) in [5.41, 5.74) is 0. The van der Waals surface area contributed by atoms with E-state index in [1.54, 1.807) is 24.1 Å². The molecule has 0 amide bonds. The average molecular weight is 243 g/mol. The number of benzene rings is 1. The maximum Gasteiger partial charge on any atom is 0.123 e. The molecule has 1 aromatic carbocycles. The number of nitrogens with zero attached hydrogens (tertiary/aromatic N) is 1. The maximum atomic E-state index is 12.7. The predicted octanol–water partition coefficient (Wildman–Crippen LogP) is 2.93. The van der Waals surface area contributed by atoms with Crippen molar-refractivity contribution >= 4 is 11.9 Å². The first-order valence-electron chi connectivity index (χ1n) is 5.55. The average Bonchev–Trinajstić information content (AvgIpc) is 2.29. The van der Waals surface area contributed by atoms with Gasteiger partial charge in [-0.1, -0.05) is 13.3 Å². The van der Waals surface area contributed by atoms with E-state index in [-0.39, 0.29) is 12.4 Å². The van der Waals surface area contributed by atoms with Crippen LogP contribution >= 0.6 is 11.9 Å². The van der Waals surface area contributed by atoms with Crippen LogP contribution in [0.5, 0.6) is 0 Å². The highest BCUT2D eigenvalue weighted by Gasteiger charge is 2.05. The van der Waals surface area contributed by atoms with E-state index in [0.717, 1.165) is 24.3 Å². The van der Waals surface area contributed by atoms with Crippen molar-refractivity contribution < 1.29 is 9.50 Å². The second kappa shape index (κ2) is 7.65. The number of aliphatic hydroxyl groups excluding tert-OH is 1. The van der Waals surface area contributed by atoms with Gasteiger partial charge in [-0.2, -0.15) is 0 Å². The Labute approximate surface area is 101 Å². The summed E-state index contributed by atoms with van der Waals surface area (Å²) in [6.45, 7) is 3.87. The first kappa shape index (κ1) is 13.5. The van der Waals surface area contributed by atoms with Gasteiger partial charge in [-0.3, -0.25) is 0 Å².